The number of thioether (sulfide) groups is 1. The molecule has 6 rings (SSSR count). The predicted octanol–water partition coefficient (Wildman–Crippen LogP) is 5.93. The van der Waals surface area contributed by atoms with E-state index in [4.69, 9.17) is 4.74 Å². The standard InChI is InChI=1S/C25H24FN5OS2/c1-33-18-4-5-19(21(26)10-18)20-13-34-23-22(20)29-14-30-24(23)32-17-6-8-31(9-7-17)25-27-11-16(12-28-25)15-2-3-15/h4-5,10-15,17H,2-3,6-9H2,1H3. The molecule has 4 aromatic rings. The van der Waals surface area contributed by atoms with E-state index in [0.29, 0.717) is 17.4 Å². The van der Waals surface area contributed by atoms with Gasteiger partial charge in [-0.05, 0) is 42.7 Å². The predicted molar refractivity (Wildman–Crippen MR) is 134 cm³/mol. The van der Waals surface area contributed by atoms with Crippen LogP contribution >= 0.6 is 23.1 Å². The highest BCUT2D eigenvalue weighted by atomic mass is 32.2. The van der Waals surface area contributed by atoms with Crippen molar-refractivity contribution >= 4 is 39.3 Å². The van der Waals surface area contributed by atoms with Gasteiger partial charge < -0.3 is 9.64 Å². The molecule has 0 bridgehead atoms. The fourth-order valence-electron chi connectivity index (χ4n) is 4.40. The molecule has 174 valence electrons. The molecule has 1 aliphatic carbocycles. The number of ether oxygens (including phenoxy) is 1. The Balaban J connectivity index is 1.16. The lowest BCUT2D eigenvalue weighted by molar-refractivity contribution is 0.166. The molecule has 0 radical (unpaired) electrons. The summed E-state index contributed by atoms with van der Waals surface area (Å²) in [5, 5.41) is 1.94. The number of aromatic nitrogens is 4. The monoisotopic (exact) mass is 493 g/mol. The first-order valence-corrected chi connectivity index (χ1v) is 13.6. The van der Waals surface area contributed by atoms with Gasteiger partial charge in [0.05, 0.1) is 5.52 Å². The molecular formula is C25H24FN5OS2. The Hall–Kier alpha value is -2.78. The fourth-order valence-corrected chi connectivity index (χ4v) is 5.77. The van der Waals surface area contributed by atoms with Crippen molar-refractivity contribution in [3.8, 4) is 17.0 Å². The quantitative estimate of drug-likeness (QED) is 0.308. The molecule has 1 aliphatic heterocycles. The van der Waals surface area contributed by atoms with Gasteiger partial charge in [-0.25, -0.2) is 24.3 Å². The summed E-state index contributed by atoms with van der Waals surface area (Å²) >= 11 is 3.02. The second kappa shape index (κ2) is 9.11. The van der Waals surface area contributed by atoms with Crippen molar-refractivity contribution in [2.45, 2.75) is 42.6 Å². The van der Waals surface area contributed by atoms with E-state index in [1.165, 1.54) is 47.8 Å². The molecular weight excluding hydrogens is 469 g/mol. The third kappa shape index (κ3) is 4.22. The van der Waals surface area contributed by atoms with E-state index in [1.807, 2.05) is 36.2 Å². The average Bonchev–Trinajstić information content (AvgIpc) is 3.64. The van der Waals surface area contributed by atoms with Gasteiger partial charge in [0.25, 0.3) is 0 Å². The summed E-state index contributed by atoms with van der Waals surface area (Å²) in [6.45, 7) is 1.68. The fraction of sp³-hybridized carbons (Fsp3) is 0.360. The second-order valence-electron chi connectivity index (χ2n) is 8.75. The number of piperidine rings is 1. The molecule has 9 heteroatoms. The lowest BCUT2D eigenvalue weighted by atomic mass is 10.1. The van der Waals surface area contributed by atoms with Crippen LogP contribution in [0.15, 0.2) is 47.2 Å². The highest BCUT2D eigenvalue weighted by molar-refractivity contribution is 7.98. The van der Waals surface area contributed by atoms with Crippen LogP contribution in [0.1, 0.15) is 37.2 Å². The second-order valence-corrected chi connectivity index (χ2v) is 10.5. The van der Waals surface area contributed by atoms with Gasteiger partial charge in [0.1, 0.15) is 22.9 Å². The van der Waals surface area contributed by atoms with E-state index < -0.39 is 0 Å². The summed E-state index contributed by atoms with van der Waals surface area (Å²) in [6, 6.07) is 5.32. The summed E-state index contributed by atoms with van der Waals surface area (Å²) in [4.78, 5) is 21.2. The van der Waals surface area contributed by atoms with Gasteiger partial charge in [-0.1, -0.05) is 6.07 Å². The third-order valence-corrected chi connectivity index (χ3v) is 8.18. The van der Waals surface area contributed by atoms with Crippen molar-refractivity contribution in [1.29, 1.82) is 0 Å². The van der Waals surface area contributed by atoms with Crippen molar-refractivity contribution in [2.24, 2.45) is 0 Å². The van der Waals surface area contributed by atoms with E-state index in [-0.39, 0.29) is 11.9 Å². The molecule has 1 aromatic carbocycles. The number of thiophene rings is 1. The summed E-state index contributed by atoms with van der Waals surface area (Å²) in [5.74, 6) is 1.80. The van der Waals surface area contributed by atoms with Crippen molar-refractivity contribution < 1.29 is 9.13 Å². The molecule has 2 fully saturated rings. The van der Waals surface area contributed by atoms with Crippen LogP contribution in [0.5, 0.6) is 5.88 Å². The molecule has 2 aliphatic rings. The van der Waals surface area contributed by atoms with Gasteiger partial charge in [0.15, 0.2) is 0 Å². The Morgan fingerprint density at radius 1 is 1.03 bits per heavy atom. The first kappa shape index (κ1) is 21.7. The smallest absolute Gasteiger partial charge is 0.235 e. The van der Waals surface area contributed by atoms with Crippen LogP contribution in [-0.4, -0.2) is 45.4 Å². The SMILES string of the molecule is CSc1ccc(-c2csc3c(OC4CCN(c5ncc(C6CC6)cn5)CC4)ncnc23)c(F)c1. The largest absolute Gasteiger partial charge is 0.473 e. The highest BCUT2D eigenvalue weighted by Gasteiger charge is 2.26. The van der Waals surface area contributed by atoms with E-state index in [0.717, 1.165) is 52.6 Å². The molecule has 1 saturated heterocycles. The molecule has 34 heavy (non-hydrogen) atoms. The van der Waals surface area contributed by atoms with E-state index >= 15 is 0 Å². The topological polar surface area (TPSA) is 64.0 Å². The molecule has 0 N–H and O–H groups in total. The zero-order valence-corrected chi connectivity index (χ0v) is 20.4. The summed E-state index contributed by atoms with van der Waals surface area (Å²) in [5.41, 5.74) is 3.31. The minimum absolute atomic E-state index is 0.0586. The van der Waals surface area contributed by atoms with Gasteiger partial charge in [-0.2, -0.15) is 0 Å². The van der Waals surface area contributed by atoms with Crippen LogP contribution in [0, 0.1) is 5.82 Å². The average molecular weight is 494 g/mol. The Labute approximate surface area is 205 Å². The highest BCUT2D eigenvalue weighted by Crippen LogP contribution is 2.40. The van der Waals surface area contributed by atoms with Crippen LogP contribution in [0.2, 0.25) is 0 Å². The van der Waals surface area contributed by atoms with Crippen LogP contribution in [0.25, 0.3) is 21.3 Å². The summed E-state index contributed by atoms with van der Waals surface area (Å²) in [7, 11) is 0. The van der Waals surface area contributed by atoms with Crippen LogP contribution in [0.4, 0.5) is 10.3 Å². The van der Waals surface area contributed by atoms with Crippen LogP contribution in [0.3, 0.4) is 0 Å². The third-order valence-electron chi connectivity index (χ3n) is 6.50. The first-order chi connectivity index (χ1) is 16.7. The Morgan fingerprint density at radius 3 is 2.53 bits per heavy atom. The Bertz CT molecular complexity index is 1320. The molecule has 3 aromatic heterocycles. The number of fused-ring (bicyclic) bond motifs is 1. The number of anilines is 1. The summed E-state index contributed by atoms with van der Waals surface area (Å²) in [6.07, 6.45) is 11.7. The molecule has 4 heterocycles. The zero-order valence-electron chi connectivity index (χ0n) is 18.8. The van der Waals surface area contributed by atoms with Crippen molar-refractivity contribution in [3.63, 3.8) is 0 Å². The van der Waals surface area contributed by atoms with Crippen molar-refractivity contribution in [3.05, 3.63) is 53.7 Å². The first-order valence-electron chi connectivity index (χ1n) is 11.5. The van der Waals surface area contributed by atoms with E-state index in [1.54, 1.807) is 6.07 Å². The van der Waals surface area contributed by atoms with E-state index in [2.05, 4.69) is 24.8 Å². The molecule has 6 nitrogen and oxygen atoms in total. The number of rotatable bonds is 6. The lowest BCUT2D eigenvalue weighted by Crippen LogP contribution is -2.39. The van der Waals surface area contributed by atoms with E-state index in [9.17, 15) is 4.39 Å². The van der Waals surface area contributed by atoms with Gasteiger partial charge in [0.2, 0.25) is 11.8 Å². The maximum absolute atomic E-state index is 14.7. The van der Waals surface area contributed by atoms with Crippen molar-refractivity contribution in [2.75, 3.05) is 24.2 Å². The number of nitrogens with zero attached hydrogens (tertiary/aromatic N) is 5. The van der Waals surface area contributed by atoms with Gasteiger partial charge >= 0.3 is 0 Å². The number of benzene rings is 1. The Kier molecular flexibility index (Phi) is 5.82. The van der Waals surface area contributed by atoms with Crippen molar-refractivity contribution in [1.82, 2.24) is 19.9 Å². The van der Waals surface area contributed by atoms with Gasteiger partial charge in [-0.3, -0.25) is 0 Å². The maximum atomic E-state index is 14.7. The van der Waals surface area contributed by atoms with Crippen LogP contribution < -0.4 is 9.64 Å². The summed E-state index contributed by atoms with van der Waals surface area (Å²) < 4.78 is 21.9. The Morgan fingerprint density at radius 2 is 1.82 bits per heavy atom. The minimum Gasteiger partial charge on any atom is -0.473 e. The van der Waals surface area contributed by atoms with Gasteiger partial charge in [-0.15, -0.1) is 23.1 Å². The lowest BCUT2D eigenvalue weighted by Gasteiger charge is -2.31. The molecule has 0 atom stereocenters. The number of hydrogen-bond acceptors (Lipinski definition) is 8. The molecule has 1 saturated carbocycles. The minimum atomic E-state index is -0.243. The number of hydrogen-bond donors (Lipinski definition) is 0. The van der Waals surface area contributed by atoms with Crippen LogP contribution in [-0.2, 0) is 0 Å². The van der Waals surface area contributed by atoms with Gasteiger partial charge in [0, 0.05) is 59.7 Å². The maximum Gasteiger partial charge on any atom is 0.235 e. The molecule has 0 amide bonds. The number of halogens is 1. The molecule has 0 unspecified atom stereocenters. The zero-order chi connectivity index (χ0) is 23.1. The normalized spacial score (nSPS) is 16.8. The molecule has 0 spiro atoms.